The van der Waals surface area contributed by atoms with E-state index in [0.717, 1.165) is 11.1 Å². The van der Waals surface area contributed by atoms with Crippen LogP contribution < -0.4 is 36.7 Å². The number of carbonyl (C=O) groups is 4. The minimum absolute atomic E-state index is 0.106. The summed E-state index contributed by atoms with van der Waals surface area (Å²) in [7, 11) is 3.03. The van der Waals surface area contributed by atoms with Crippen LogP contribution in [0.2, 0.25) is 0 Å². The highest BCUT2D eigenvalue weighted by molar-refractivity contribution is 5.90. The number of benzene rings is 2. The second-order valence-corrected chi connectivity index (χ2v) is 14.3. The molecule has 0 aliphatic heterocycles. The van der Waals surface area contributed by atoms with Gasteiger partial charge in [-0.05, 0) is 47.9 Å². The van der Waals surface area contributed by atoms with Crippen molar-refractivity contribution in [2.24, 2.45) is 17.8 Å². The number of carbonyl (C=O) groups excluding carboxylic acids is 4. The minimum atomic E-state index is -2.26. The standard InChI is InChI=1S/C39H63N7O8/c1-27(2)26-54-33-18-15-31(16-19-33)24-46(45-35(47)34(28(3)4)43-37(49)40-20-22-52-7)25-32(17-14-30-12-10-9-11-13-30)42-36(48)39(51,29(5)6)44-38(50)41-21-23-53-8/h9-13,15-16,18-19,27-29,32,34,51H,14,17,20-26H2,1-8H3,(H,42,48)(H,45,47)(H2,40,43,49)(H2,41,44,50)/t32-,34-,39+/m0/s1. The summed E-state index contributed by atoms with van der Waals surface area (Å²) in [4.78, 5) is 53.2. The van der Waals surface area contributed by atoms with E-state index in [0.29, 0.717) is 37.7 Å². The molecule has 0 bridgehead atoms. The monoisotopic (exact) mass is 757 g/mol. The van der Waals surface area contributed by atoms with Crippen LogP contribution in [0.25, 0.3) is 0 Å². The van der Waals surface area contributed by atoms with Crippen LogP contribution in [0.3, 0.4) is 0 Å². The number of hydrogen-bond donors (Lipinski definition) is 7. The number of urea groups is 2. The van der Waals surface area contributed by atoms with Gasteiger partial charge < -0.3 is 45.9 Å². The van der Waals surface area contributed by atoms with Crippen LogP contribution in [-0.4, -0.2) is 105 Å². The van der Waals surface area contributed by atoms with Gasteiger partial charge in [-0.2, -0.15) is 0 Å². The Balaban J connectivity index is 2.43. The molecule has 0 unspecified atom stereocenters. The van der Waals surface area contributed by atoms with Gasteiger partial charge in [0.2, 0.25) is 5.72 Å². The minimum Gasteiger partial charge on any atom is -0.493 e. The maximum atomic E-state index is 13.9. The predicted molar refractivity (Wildman–Crippen MR) is 207 cm³/mol. The Morgan fingerprint density at radius 1 is 0.796 bits per heavy atom. The molecule has 2 aromatic rings. The Kier molecular flexibility index (Phi) is 20.4. The molecule has 0 fully saturated rings. The SMILES string of the molecule is COCCNC(=O)N[C@H](C(=O)NN(Cc1ccc(OCC(C)C)cc1)C[C@H](CCc1ccccc1)NC(=O)[C@@](O)(NC(=O)NCCOC)C(C)C)C(C)C. The van der Waals surface area contributed by atoms with E-state index in [1.165, 1.54) is 14.2 Å². The summed E-state index contributed by atoms with van der Waals surface area (Å²) >= 11 is 0. The molecule has 0 heterocycles. The number of hydrogen-bond acceptors (Lipinski definition) is 9. The smallest absolute Gasteiger partial charge is 0.317 e. The predicted octanol–water partition coefficient (Wildman–Crippen LogP) is 2.93. The quantitative estimate of drug-likeness (QED) is 0.0480. The largest absolute Gasteiger partial charge is 0.493 e. The van der Waals surface area contributed by atoms with Crippen molar-refractivity contribution in [1.29, 1.82) is 0 Å². The fourth-order valence-electron chi connectivity index (χ4n) is 5.25. The average Bonchev–Trinajstić information content (AvgIpc) is 3.12. The summed E-state index contributed by atoms with van der Waals surface area (Å²) in [5, 5.41) is 26.7. The number of methoxy groups -OCH3 is 2. The summed E-state index contributed by atoms with van der Waals surface area (Å²) < 4.78 is 15.8. The van der Waals surface area contributed by atoms with Gasteiger partial charge in [0.15, 0.2) is 0 Å². The third-order valence-electron chi connectivity index (χ3n) is 8.45. The van der Waals surface area contributed by atoms with Crippen molar-refractivity contribution in [3.05, 3.63) is 65.7 Å². The van der Waals surface area contributed by atoms with Gasteiger partial charge in [-0.15, -0.1) is 0 Å². The molecule has 2 aromatic carbocycles. The maximum Gasteiger partial charge on any atom is 0.317 e. The van der Waals surface area contributed by atoms with E-state index in [1.807, 2.05) is 68.4 Å². The van der Waals surface area contributed by atoms with Gasteiger partial charge in [0, 0.05) is 52.4 Å². The van der Waals surface area contributed by atoms with Gasteiger partial charge >= 0.3 is 12.1 Å². The first-order valence-electron chi connectivity index (χ1n) is 18.6. The Bertz CT molecular complexity index is 1410. The molecule has 3 atom stereocenters. The Morgan fingerprint density at radius 2 is 1.41 bits per heavy atom. The van der Waals surface area contributed by atoms with E-state index in [2.05, 4.69) is 45.9 Å². The van der Waals surface area contributed by atoms with E-state index < -0.39 is 47.6 Å². The van der Waals surface area contributed by atoms with Gasteiger partial charge in [-0.3, -0.25) is 15.0 Å². The molecule has 0 aliphatic carbocycles. The Hall–Kier alpha value is -4.44. The molecule has 0 saturated carbocycles. The molecular weight excluding hydrogens is 694 g/mol. The lowest BCUT2D eigenvalue weighted by Crippen LogP contribution is -2.66. The normalized spacial score (nSPS) is 13.6. The van der Waals surface area contributed by atoms with Crippen LogP contribution in [0.4, 0.5) is 9.59 Å². The maximum absolute atomic E-state index is 13.9. The van der Waals surface area contributed by atoms with Gasteiger partial charge in [0.1, 0.15) is 11.8 Å². The third-order valence-corrected chi connectivity index (χ3v) is 8.45. The van der Waals surface area contributed by atoms with Crippen molar-refractivity contribution in [3.63, 3.8) is 0 Å². The molecule has 2 rings (SSSR count). The van der Waals surface area contributed by atoms with Crippen molar-refractivity contribution in [2.75, 3.05) is 53.7 Å². The summed E-state index contributed by atoms with van der Waals surface area (Å²) in [6.45, 7) is 13.0. The van der Waals surface area contributed by atoms with Crippen LogP contribution in [0.15, 0.2) is 54.6 Å². The van der Waals surface area contributed by atoms with E-state index in [9.17, 15) is 24.3 Å². The fraction of sp³-hybridized carbons (Fsp3) is 0.590. The summed E-state index contributed by atoms with van der Waals surface area (Å²) in [6.07, 6.45) is 0.990. The number of ether oxygens (including phenoxy) is 3. The lowest BCUT2D eigenvalue weighted by Gasteiger charge is -2.35. The molecule has 15 nitrogen and oxygen atoms in total. The van der Waals surface area contributed by atoms with E-state index in [4.69, 9.17) is 14.2 Å². The number of amides is 6. The van der Waals surface area contributed by atoms with Crippen LogP contribution in [0.1, 0.15) is 59.1 Å². The number of nitrogens with zero attached hydrogens (tertiary/aromatic N) is 1. The highest BCUT2D eigenvalue weighted by Crippen LogP contribution is 2.18. The highest BCUT2D eigenvalue weighted by Gasteiger charge is 2.42. The zero-order valence-corrected chi connectivity index (χ0v) is 33.2. The summed E-state index contributed by atoms with van der Waals surface area (Å²) in [5.74, 6) is -1.16. The first-order chi connectivity index (χ1) is 25.7. The topological polar surface area (TPSA) is 192 Å². The van der Waals surface area contributed by atoms with Crippen molar-refractivity contribution in [3.8, 4) is 5.75 Å². The van der Waals surface area contributed by atoms with Crippen LogP contribution in [0.5, 0.6) is 5.75 Å². The number of aliphatic hydroxyl groups is 1. The molecule has 0 saturated heterocycles. The van der Waals surface area contributed by atoms with Crippen LogP contribution >= 0.6 is 0 Å². The van der Waals surface area contributed by atoms with Crippen molar-refractivity contribution in [2.45, 2.75) is 78.7 Å². The molecule has 54 heavy (non-hydrogen) atoms. The summed E-state index contributed by atoms with van der Waals surface area (Å²) in [5.41, 5.74) is 2.61. The molecule has 15 heteroatoms. The van der Waals surface area contributed by atoms with Crippen LogP contribution in [0, 0.1) is 17.8 Å². The number of rotatable bonds is 24. The fourth-order valence-corrected chi connectivity index (χ4v) is 5.25. The summed E-state index contributed by atoms with van der Waals surface area (Å²) in [6, 6.07) is 14.5. The highest BCUT2D eigenvalue weighted by atomic mass is 16.5. The second kappa shape index (κ2) is 24.1. The number of nitrogens with one attached hydrogen (secondary N) is 6. The molecule has 302 valence electrons. The Morgan fingerprint density at radius 3 is 1.96 bits per heavy atom. The van der Waals surface area contributed by atoms with Crippen molar-refractivity contribution >= 4 is 23.9 Å². The molecular formula is C39H63N7O8. The molecule has 0 aromatic heterocycles. The second-order valence-electron chi connectivity index (χ2n) is 14.3. The third kappa shape index (κ3) is 16.7. The number of aryl methyl sites for hydroxylation is 1. The van der Waals surface area contributed by atoms with E-state index in [-0.39, 0.29) is 38.7 Å². The first-order valence-corrected chi connectivity index (χ1v) is 18.6. The zero-order valence-electron chi connectivity index (χ0n) is 33.2. The lowest BCUT2D eigenvalue weighted by atomic mass is 9.97. The molecule has 7 N–H and O–H groups in total. The average molecular weight is 758 g/mol. The molecule has 6 amide bonds. The molecule has 0 aliphatic rings. The van der Waals surface area contributed by atoms with Gasteiger partial charge in [-0.1, -0.05) is 84.0 Å². The van der Waals surface area contributed by atoms with E-state index >= 15 is 0 Å². The zero-order chi connectivity index (χ0) is 40.1. The molecule has 0 radical (unpaired) electrons. The Labute approximate surface area is 320 Å². The molecule has 0 spiro atoms. The van der Waals surface area contributed by atoms with Gasteiger partial charge in [0.25, 0.3) is 11.8 Å². The van der Waals surface area contributed by atoms with Crippen LogP contribution in [-0.2, 0) is 32.0 Å². The lowest BCUT2D eigenvalue weighted by molar-refractivity contribution is -0.148. The van der Waals surface area contributed by atoms with Crippen molar-refractivity contribution < 1.29 is 38.5 Å². The van der Waals surface area contributed by atoms with Crippen molar-refractivity contribution in [1.82, 2.24) is 37.0 Å². The first kappa shape index (κ1) is 45.7. The number of hydrazine groups is 1. The van der Waals surface area contributed by atoms with Gasteiger partial charge in [-0.25, -0.2) is 14.6 Å². The van der Waals surface area contributed by atoms with E-state index in [1.54, 1.807) is 18.9 Å². The van der Waals surface area contributed by atoms with Gasteiger partial charge in [0.05, 0.1) is 19.8 Å².